The van der Waals surface area contributed by atoms with Gasteiger partial charge in [0.1, 0.15) is 36.4 Å². The second-order valence-electron chi connectivity index (χ2n) is 29.0. The van der Waals surface area contributed by atoms with Gasteiger partial charge in [-0.25, -0.2) is 9.59 Å². The lowest BCUT2D eigenvalue weighted by Crippen LogP contribution is -2.59. The lowest BCUT2D eigenvalue weighted by Gasteiger charge is -2.36. The van der Waals surface area contributed by atoms with E-state index >= 15 is 0 Å². The quantitative estimate of drug-likeness (QED) is 0.0697. The van der Waals surface area contributed by atoms with Crippen molar-refractivity contribution in [3.8, 4) is 0 Å². The van der Waals surface area contributed by atoms with Crippen LogP contribution in [0.5, 0.6) is 0 Å². The van der Waals surface area contributed by atoms with Crippen LogP contribution < -0.4 is 41.7 Å². The van der Waals surface area contributed by atoms with Crippen molar-refractivity contribution in [2.24, 2.45) is 21.7 Å². The zero-order valence-corrected chi connectivity index (χ0v) is 55.3. The van der Waals surface area contributed by atoms with Crippen molar-refractivity contribution in [3.63, 3.8) is 0 Å². The Morgan fingerprint density at radius 2 is 0.914 bits per heavy atom. The number of aliphatic hydroxyl groups excluding tert-OH is 2. The molecule has 7 fully saturated rings. The fourth-order valence-electron chi connectivity index (χ4n) is 14.1. The van der Waals surface area contributed by atoms with Crippen molar-refractivity contribution >= 4 is 70.8 Å². The van der Waals surface area contributed by atoms with Gasteiger partial charge in [0.15, 0.2) is 12.2 Å². The second kappa shape index (κ2) is 31.3. The smallest absolute Gasteiger partial charge is 0.408 e. The normalized spacial score (nSPS) is 24.2. The molecule has 0 radical (unpaired) electrons. The van der Waals surface area contributed by atoms with Gasteiger partial charge in [0.05, 0.1) is 12.1 Å². The minimum Gasteiger partial charge on any atom is -0.446 e. The summed E-state index contributed by atoms with van der Waals surface area (Å²) < 4.78 is 11.3. The number of likely N-dealkylation sites (N-methyl/N-ethyl adjacent to an activating group) is 1. The molecule has 4 aliphatic heterocycles. The van der Waals surface area contributed by atoms with Gasteiger partial charge in [0.2, 0.25) is 35.4 Å². The van der Waals surface area contributed by atoms with E-state index in [1.165, 1.54) is 16.8 Å². The van der Waals surface area contributed by atoms with Crippen molar-refractivity contribution in [1.82, 2.24) is 41.7 Å². The first-order chi connectivity index (χ1) is 43.6. The van der Waals surface area contributed by atoms with Crippen LogP contribution in [0.15, 0.2) is 60.7 Å². The molecule has 3 aliphatic carbocycles. The van der Waals surface area contributed by atoms with Gasteiger partial charge < -0.3 is 71.2 Å². The number of nitrogens with one attached hydrogen (secondary N) is 6. The van der Waals surface area contributed by atoms with E-state index in [1.807, 2.05) is 116 Å². The van der Waals surface area contributed by atoms with E-state index < -0.39 is 118 Å². The van der Waals surface area contributed by atoms with Crippen LogP contribution in [0, 0.1) is 21.7 Å². The van der Waals surface area contributed by atoms with Crippen molar-refractivity contribution in [2.45, 2.75) is 245 Å². The molecule has 7 aliphatic rings. The summed E-state index contributed by atoms with van der Waals surface area (Å²) >= 11 is 0. The summed E-state index contributed by atoms with van der Waals surface area (Å²) in [5.74, 6) is -3.25. The molecule has 4 heterocycles. The van der Waals surface area contributed by atoms with E-state index in [9.17, 15) is 58.2 Å². The molecule has 10 atom stereocenters. The molecule has 514 valence electrons. The highest BCUT2D eigenvalue weighted by Gasteiger charge is 2.58. The van der Waals surface area contributed by atoms with E-state index in [0.29, 0.717) is 38.8 Å². The molecular formula is C69H104N10O14. The molecule has 2 aromatic carbocycles. The molecule has 24 heteroatoms. The fraction of sp³-hybridized carbons (Fsp3) is 0.681. The van der Waals surface area contributed by atoms with Crippen LogP contribution in [0.4, 0.5) is 21.0 Å². The van der Waals surface area contributed by atoms with E-state index in [0.717, 1.165) is 75.6 Å². The number of hydrogen-bond acceptors (Lipinski definition) is 14. The SMILES string of the molecule is C.CCC[C@H](NC(=O)[C@@H]1C[C@@]2(CC(=O)N(c3ccccc3)C2)CN1C(=O)[C@@H](NC(=O)OC1CCCC1)C(C)(C)C)C(O)C(=O)NC.CCC[C@H](NC(=O)[C@@H]1C[C@@]2(CC(=O)N(c3ccccc3)C2)CN1C(=O)[C@@H](NC(=O)OC1CCCC1)C(C)(C)C)C(O)C(=O)NC1CC1. The minimum atomic E-state index is -1.48. The monoisotopic (exact) mass is 1300 g/mol. The largest absolute Gasteiger partial charge is 0.446 e. The summed E-state index contributed by atoms with van der Waals surface area (Å²) in [6.45, 7) is 15.7. The lowest BCUT2D eigenvalue weighted by atomic mass is 9.84. The van der Waals surface area contributed by atoms with Crippen LogP contribution in [-0.4, -0.2) is 179 Å². The van der Waals surface area contributed by atoms with Gasteiger partial charge in [0.25, 0.3) is 11.8 Å². The highest BCUT2D eigenvalue weighted by Crippen LogP contribution is 2.47. The Morgan fingerprint density at radius 1 is 0.548 bits per heavy atom. The second-order valence-corrected chi connectivity index (χ2v) is 29.0. The van der Waals surface area contributed by atoms with E-state index in [4.69, 9.17) is 9.47 Å². The Bertz CT molecular complexity index is 2960. The molecule has 2 unspecified atom stereocenters. The van der Waals surface area contributed by atoms with Crippen LogP contribution in [0.3, 0.4) is 0 Å². The first-order valence-corrected chi connectivity index (χ1v) is 33.3. The molecule has 8 N–H and O–H groups in total. The summed E-state index contributed by atoms with van der Waals surface area (Å²) in [6, 6.07) is 12.9. The topological polar surface area (TPSA) is 315 Å². The number of carbonyl (C=O) groups excluding carboxylic acids is 10. The number of hydrogen-bond donors (Lipinski definition) is 8. The van der Waals surface area contributed by atoms with Gasteiger partial charge in [-0.15, -0.1) is 0 Å². The van der Waals surface area contributed by atoms with E-state index in [2.05, 4.69) is 31.9 Å². The molecule has 3 saturated carbocycles. The first-order valence-electron chi connectivity index (χ1n) is 33.3. The molecule has 2 spiro atoms. The summed E-state index contributed by atoms with van der Waals surface area (Å²) in [6.07, 6.45) is 6.77. The predicted octanol–water partition coefficient (Wildman–Crippen LogP) is 6.14. The highest BCUT2D eigenvalue weighted by molar-refractivity contribution is 6.00. The molecule has 0 aromatic heterocycles. The number of ether oxygens (including phenoxy) is 2. The van der Waals surface area contributed by atoms with Gasteiger partial charge in [-0.05, 0) is 125 Å². The number of alkyl carbamates (subject to hydrolysis) is 2. The Balaban J connectivity index is 0.000000261. The molecule has 10 amide bonds. The number of benzene rings is 2. The number of amides is 10. The third-order valence-electron chi connectivity index (χ3n) is 19.2. The maximum Gasteiger partial charge on any atom is 0.408 e. The van der Waals surface area contributed by atoms with Gasteiger partial charge >= 0.3 is 12.2 Å². The first kappa shape index (κ1) is 73.1. The Morgan fingerprint density at radius 3 is 1.25 bits per heavy atom. The number of anilines is 2. The third kappa shape index (κ3) is 18.3. The van der Waals surface area contributed by atoms with Gasteiger partial charge in [0, 0.05) is 74.3 Å². The Kier molecular flexibility index (Phi) is 24.6. The van der Waals surface area contributed by atoms with Gasteiger partial charge in [-0.1, -0.05) is 112 Å². The molecule has 2 aromatic rings. The maximum atomic E-state index is 14.5. The zero-order chi connectivity index (χ0) is 66.9. The van der Waals surface area contributed by atoms with Crippen molar-refractivity contribution in [1.29, 1.82) is 0 Å². The van der Waals surface area contributed by atoms with Crippen molar-refractivity contribution in [3.05, 3.63) is 60.7 Å². The lowest BCUT2D eigenvalue weighted by molar-refractivity contribution is -0.143. The minimum absolute atomic E-state index is 0. The standard InChI is InChI=1S/C35H51N5O7.C33H49N5O7.CH4/c1-5-11-25(28(42)31(44)36-22-16-17-22)37-30(43)26-18-35(19-27(41)39(20-35)23-12-7-6-8-13-23)21-40(26)32(45)29(34(2,3)4)38-33(46)47-24-14-9-10-15-24;1-6-12-23(26(40)29(42)34-5)35-28(41)24-17-33(18-25(39)37(19-33)21-13-8-7-9-14-21)20-38(24)30(43)27(32(2,3)4)36-31(44)45-22-15-10-11-16-22;/h6-8,12-13,22,24-26,28-29,42H,5,9-11,14-21H2,1-4H3,(H,36,44)(H,37,43)(H,38,46);7-9,13-14,22-24,26-27,40H,6,10-12,15-20H2,1-5H3,(H,34,42)(H,35,41)(H,36,44);1H4/t25-,26-,28?,29+,35-;23-,24-,26?,27+,33-;/m00./s1. The van der Waals surface area contributed by atoms with Crippen molar-refractivity contribution in [2.75, 3.05) is 43.0 Å². The number of nitrogens with zero attached hydrogens (tertiary/aromatic N) is 4. The van der Waals surface area contributed by atoms with Crippen LogP contribution in [0.2, 0.25) is 0 Å². The molecule has 24 nitrogen and oxygen atoms in total. The average molecular weight is 1300 g/mol. The number of aliphatic hydroxyl groups is 2. The summed E-state index contributed by atoms with van der Waals surface area (Å²) in [5.41, 5.74) is -1.39. The average Bonchev–Trinajstić information content (AvgIpc) is 1.60. The Hall–Kier alpha value is -7.34. The zero-order valence-electron chi connectivity index (χ0n) is 55.3. The molecule has 9 rings (SSSR count). The molecule has 93 heavy (non-hydrogen) atoms. The van der Waals surface area contributed by atoms with Gasteiger partial charge in [-0.3, -0.25) is 38.4 Å². The number of rotatable bonds is 21. The molecule has 0 bridgehead atoms. The van der Waals surface area contributed by atoms with Gasteiger partial charge in [-0.2, -0.15) is 0 Å². The van der Waals surface area contributed by atoms with Crippen molar-refractivity contribution < 1.29 is 67.6 Å². The van der Waals surface area contributed by atoms with E-state index in [1.54, 1.807) is 9.80 Å². The number of carbonyl (C=O) groups is 10. The number of likely N-dealkylation sites (tertiary alicyclic amines) is 2. The van der Waals surface area contributed by atoms with Crippen LogP contribution in [0.1, 0.15) is 178 Å². The highest BCUT2D eigenvalue weighted by atomic mass is 16.6. The Labute approximate surface area is 548 Å². The predicted molar refractivity (Wildman–Crippen MR) is 350 cm³/mol. The third-order valence-corrected chi connectivity index (χ3v) is 19.2. The summed E-state index contributed by atoms with van der Waals surface area (Å²) in [7, 11) is 1.41. The van der Waals surface area contributed by atoms with E-state index in [-0.39, 0.29) is 76.3 Å². The molecule has 4 saturated heterocycles. The fourth-order valence-corrected chi connectivity index (χ4v) is 14.1. The van der Waals surface area contributed by atoms with Crippen LogP contribution >= 0.6 is 0 Å². The summed E-state index contributed by atoms with van der Waals surface area (Å²) in [5, 5.41) is 38.1. The van der Waals surface area contributed by atoms with Crippen LogP contribution in [-0.2, 0) is 47.8 Å². The maximum absolute atomic E-state index is 14.5. The van der Waals surface area contributed by atoms with Crippen LogP contribution in [0.25, 0.3) is 0 Å². The molecular weight excluding hydrogens is 1190 g/mol. The summed E-state index contributed by atoms with van der Waals surface area (Å²) in [4.78, 5) is 141. The number of para-hydroxylation sites is 2.